The summed E-state index contributed by atoms with van der Waals surface area (Å²) in [6.45, 7) is -0.333. The lowest BCUT2D eigenvalue weighted by atomic mass is 9.77. The number of anilines is 1. The van der Waals surface area contributed by atoms with E-state index in [1.165, 1.54) is 10.0 Å². The Labute approximate surface area is 301 Å². The van der Waals surface area contributed by atoms with Gasteiger partial charge in [-0.05, 0) is 77.8 Å². The Morgan fingerprint density at radius 3 is 2.41 bits per heavy atom. The molecule has 4 unspecified atom stereocenters. The van der Waals surface area contributed by atoms with Crippen molar-refractivity contribution in [2.24, 2.45) is 21.4 Å². The molecule has 0 bridgehead atoms. The molecule has 4 aromatic rings. The molecule has 4 atom stereocenters. The Bertz CT molecular complexity index is 2160. The Morgan fingerprint density at radius 1 is 0.857 bits per heavy atom. The molecular weight excluding hydrogens is 706 g/mol. The Balaban J connectivity index is 1.12. The maximum atomic E-state index is 14.3. The van der Waals surface area contributed by atoms with Crippen LogP contribution < -0.4 is 4.90 Å². The van der Waals surface area contributed by atoms with Gasteiger partial charge in [0.1, 0.15) is 6.54 Å². The van der Waals surface area contributed by atoms with Crippen molar-refractivity contribution < 1.29 is 14.4 Å². The van der Waals surface area contributed by atoms with Crippen molar-refractivity contribution in [1.82, 2.24) is 10.0 Å². The fourth-order valence-electron chi connectivity index (χ4n) is 7.27. The van der Waals surface area contributed by atoms with E-state index in [1.807, 2.05) is 48.5 Å². The number of carbonyl (C=O) groups excluding carboxylic acids is 3. The first kappa shape index (κ1) is 32.0. The third-order valence-electron chi connectivity index (χ3n) is 9.49. The normalized spacial score (nSPS) is 23.9. The highest BCUT2D eigenvalue weighted by atomic mass is 35.5. The first-order valence-corrected chi connectivity index (χ1v) is 17.3. The van der Waals surface area contributed by atoms with Crippen molar-refractivity contribution in [2.75, 3.05) is 11.4 Å². The van der Waals surface area contributed by atoms with Gasteiger partial charge in [-0.2, -0.15) is 10.2 Å². The number of allylic oxidation sites excluding steroid dienone is 1. The number of imide groups is 1. The lowest BCUT2D eigenvalue weighted by molar-refractivity contribution is -0.136. The van der Waals surface area contributed by atoms with Crippen LogP contribution in [0.3, 0.4) is 0 Å². The number of amides is 3. The van der Waals surface area contributed by atoms with Crippen molar-refractivity contribution in [3.63, 3.8) is 0 Å². The van der Waals surface area contributed by atoms with Crippen LogP contribution in [0.15, 0.2) is 99.9 Å². The molecule has 0 N–H and O–H groups in total. The molecular formula is C36H26Cl4N6O3. The van der Waals surface area contributed by atoms with Crippen LogP contribution in [0.5, 0.6) is 0 Å². The maximum Gasteiger partial charge on any atom is 0.264 e. The monoisotopic (exact) mass is 730 g/mol. The average Bonchev–Trinajstić information content (AvgIpc) is 3.75. The summed E-state index contributed by atoms with van der Waals surface area (Å²) in [7, 11) is 0. The third-order valence-corrected chi connectivity index (χ3v) is 10.6. The van der Waals surface area contributed by atoms with Gasteiger partial charge < -0.3 is 0 Å². The van der Waals surface area contributed by atoms with E-state index in [2.05, 4.69) is 10.3 Å². The van der Waals surface area contributed by atoms with Crippen molar-refractivity contribution >= 4 is 92.4 Å². The summed E-state index contributed by atoms with van der Waals surface area (Å²) in [5, 5.41) is 19.5. The van der Waals surface area contributed by atoms with Gasteiger partial charge in [-0.25, -0.2) is 9.91 Å². The van der Waals surface area contributed by atoms with Gasteiger partial charge in [0.05, 0.1) is 17.4 Å². The van der Waals surface area contributed by atoms with E-state index in [9.17, 15) is 14.4 Å². The molecule has 0 aromatic heterocycles. The van der Waals surface area contributed by atoms with Gasteiger partial charge in [0.15, 0.2) is 12.1 Å². The minimum atomic E-state index is -1.06. The third kappa shape index (κ3) is 5.49. The smallest absolute Gasteiger partial charge is 0.264 e. The van der Waals surface area contributed by atoms with E-state index in [0.29, 0.717) is 31.3 Å². The number of halogens is 4. The van der Waals surface area contributed by atoms with Crippen molar-refractivity contribution in [2.45, 2.75) is 37.4 Å². The molecule has 3 amide bonds. The molecule has 246 valence electrons. The molecule has 2 fully saturated rings. The second kappa shape index (κ2) is 12.6. The highest BCUT2D eigenvalue weighted by Crippen LogP contribution is 2.47. The van der Waals surface area contributed by atoms with Gasteiger partial charge in [0.25, 0.3) is 17.7 Å². The SMILES string of the molecule is O=C1C2N=NN(CC(=O)N3N=C4/C(=C/c5ccc(Cl)cc5Cl)CCCC4C3c3ccc(Cl)cc3Cl)C2C(=O)N1c1cccc2ccccc12. The van der Waals surface area contributed by atoms with Crippen molar-refractivity contribution in [3.05, 3.63) is 116 Å². The summed E-state index contributed by atoms with van der Waals surface area (Å²) in [6, 6.07) is 20.8. The fraction of sp³-hybridized carbons (Fsp3) is 0.222. The van der Waals surface area contributed by atoms with E-state index in [0.717, 1.165) is 51.8 Å². The van der Waals surface area contributed by atoms with Crippen LogP contribution in [-0.4, -0.2) is 52.1 Å². The molecule has 8 rings (SSSR count). The second-order valence-electron chi connectivity index (χ2n) is 12.4. The van der Waals surface area contributed by atoms with Crippen LogP contribution in [-0.2, 0) is 14.4 Å². The van der Waals surface area contributed by atoms with Crippen molar-refractivity contribution in [3.8, 4) is 0 Å². The summed E-state index contributed by atoms with van der Waals surface area (Å²) >= 11 is 25.7. The number of nitrogens with zero attached hydrogens (tertiary/aromatic N) is 6. The number of hydrogen-bond donors (Lipinski definition) is 0. The van der Waals surface area contributed by atoms with Crippen LogP contribution >= 0.6 is 46.4 Å². The largest absolute Gasteiger partial charge is 0.271 e. The maximum absolute atomic E-state index is 14.3. The van der Waals surface area contributed by atoms with E-state index in [-0.39, 0.29) is 12.5 Å². The van der Waals surface area contributed by atoms with E-state index in [4.69, 9.17) is 51.5 Å². The second-order valence-corrected chi connectivity index (χ2v) is 14.1. The average molecular weight is 732 g/mol. The topological polar surface area (TPSA) is 98.0 Å². The zero-order chi connectivity index (χ0) is 34.0. The standard InChI is InChI=1S/C36H26Cl4N6O3/c37-22-12-11-20(27(39)16-22)15-21-7-3-9-26-31(21)42-46(33(26)25-14-13-23(38)17-28(25)40)30(47)18-44-34-32(41-43-44)35(48)45(36(34)49)29-10-4-6-19-5-1-2-8-24(19)29/h1-2,4-6,8,10-17,26,32-34H,3,7,9,18H2/b21-15+. The van der Waals surface area contributed by atoms with Gasteiger partial charge in [-0.15, -0.1) is 0 Å². The van der Waals surface area contributed by atoms with Crippen LogP contribution in [0.1, 0.15) is 36.4 Å². The Hall–Kier alpha value is -4.28. The summed E-state index contributed by atoms with van der Waals surface area (Å²) in [5.41, 5.74) is 3.67. The molecule has 1 saturated carbocycles. The van der Waals surface area contributed by atoms with Crippen LogP contribution in [0.4, 0.5) is 5.69 Å². The van der Waals surface area contributed by atoms with Crippen LogP contribution in [0, 0.1) is 5.92 Å². The molecule has 1 aliphatic carbocycles. The lowest BCUT2D eigenvalue weighted by Crippen LogP contribution is -2.45. The molecule has 4 aliphatic rings. The summed E-state index contributed by atoms with van der Waals surface area (Å²) in [5.74, 6) is -1.57. The van der Waals surface area contributed by atoms with Gasteiger partial charge >= 0.3 is 0 Å². The molecule has 49 heavy (non-hydrogen) atoms. The predicted octanol–water partition coefficient (Wildman–Crippen LogP) is 8.57. The van der Waals surface area contributed by atoms with Gasteiger partial charge in [-0.3, -0.25) is 19.4 Å². The van der Waals surface area contributed by atoms with E-state index in [1.54, 1.807) is 36.4 Å². The lowest BCUT2D eigenvalue weighted by Gasteiger charge is -2.31. The first-order chi connectivity index (χ1) is 23.7. The molecule has 1 saturated heterocycles. The molecule has 3 aliphatic heterocycles. The molecule has 0 radical (unpaired) electrons. The molecule has 13 heteroatoms. The van der Waals surface area contributed by atoms with Crippen LogP contribution in [0.2, 0.25) is 20.1 Å². The van der Waals surface area contributed by atoms with Gasteiger partial charge in [0, 0.05) is 31.4 Å². The summed E-state index contributed by atoms with van der Waals surface area (Å²) in [4.78, 5) is 43.0. The number of carbonyl (C=O) groups is 3. The molecule has 4 aromatic carbocycles. The zero-order valence-corrected chi connectivity index (χ0v) is 28.7. The predicted molar refractivity (Wildman–Crippen MR) is 191 cm³/mol. The van der Waals surface area contributed by atoms with E-state index < -0.39 is 35.8 Å². The summed E-state index contributed by atoms with van der Waals surface area (Å²) in [6.07, 6.45) is 4.35. The Kier molecular flexibility index (Phi) is 8.19. The minimum Gasteiger partial charge on any atom is -0.271 e. The van der Waals surface area contributed by atoms with E-state index >= 15 is 0 Å². The number of hydrogen-bond acceptors (Lipinski definition) is 7. The highest BCUT2D eigenvalue weighted by molar-refractivity contribution is 6.36. The van der Waals surface area contributed by atoms with Gasteiger partial charge in [0.2, 0.25) is 0 Å². The zero-order valence-electron chi connectivity index (χ0n) is 25.6. The number of benzene rings is 4. The minimum absolute atomic E-state index is 0.168. The fourth-order valence-corrected chi connectivity index (χ4v) is 8.25. The van der Waals surface area contributed by atoms with Crippen LogP contribution in [0.25, 0.3) is 16.8 Å². The quantitative estimate of drug-likeness (QED) is 0.192. The van der Waals surface area contributed by atoms with Gasteiger partial charge in [-0.1, -0.05) is 100 Å². The highest BCUT2D eigenvalue weighted by Gasteiger charge is 2.56. The molecule has 3 heterocycles. The number of rotatable bonds is 5. The molecule has 0 spiro atoms. The number of fused-ring (bicyclic) bond motifs is 3. The van der Waals surface area contributed by atoms with Crippen molar-refractivity contribution in [1.29, 1.82) is 0 Å². The summed E-state index contributed by atoms with van der Waals surface area (Å²) < 4.78 is 0. The first-order valence-electron chi connectivity index (χ1n) is 15.7. The molecule has 9 nitrogen and oxygen atoms in total. The number of hydrazone groups is 1. The Morgan fingerprint density at radius 2 is 1.61 bits per heavy atom.